The van der Waals surface area contributed by atoms with Gasteiger partial charge in [-0.2, -0.15) is 10.1 Å². The van der Waals surface area contributed by atoms with Crippen LogP contribution in [0.2, 0.25) is 0 Å². The lowest BCUT2D eigenvalue weighted by Gasteiger charge is -2.34. The number of nitrogens with one attached hydrogen (secondary N) is 1. The first kappa shape index (κ1) is 14.6. The standard InChI is InChI=1S/C19H16N4OS/c24-15-10-13(16-7-4-8-25-16)9-14-17(15)18(12-5-2-1-3-6-12)23-19(22-14)20-11-21-23/h1-8,11,13,18H,9-10H2,(H,20,21,22)/t13-,18-/m1/s1. The second-order valence-corrected chi connectivity index (χ2v) is 7.38. The Bertz CT molecular complexity index is 958. The number of rotatable bonds is 2. The SMILES string of the molecule is O=C1C[C@H](c2cccs2)CC2=C1[C@@H](c1ccccc1)n1ncnc1N2. The fraction of sp³-hybridized carbons (Fsp3) is 0.211. The summed E-state index contributed by atoms with van der Waals surface area (Å²) in [5.74, 6) is 1.14. The third-order valence-electron chi connectivity index (χ3n) is 4.92. The smallest absolute Gasteiger partial charge is 0.226 e. The number of nitrogens with zero attached hydrogens (tertiary/aromatic N) is 3. The predicted octanol–water partition coefficient (Wildman–Crippen LogP) is 3.76. The molecular formula is C19H16N4OS. The first-order chi connectivity index (χ1) is 12.3. The van der Waals surface area contributed by atoms with Crippen molar-refractivity contribution < 1.29 is 4.79 Å². The zero-order valence-electron chi connectivity index (χ0n) is 13.4. The maximum atomic E-state index is 13.1. The van der Waals surface area contributed by atoms with Crippen molar-refractivity contribution in [2.45, 2.75) is 24.8 Å². The molecule has 2 aromatic heterocycles. The highest BCUT2D eigenvalue weighted by Gasteiger charge is 2.39. The molecular weight excluding hydrogens is 332 g/mol. The summed E-state index contributed by atoms with van der Waals surface area (Å²) in [5, 5.41) is 9.79. The van der Waals surface area contributed by atoms with Gasteiger partial charge in [0.05, 0.1) is 0 Å². The Balaban J connectivity index is 1.63. The number of hydrogen-bond donors (Lipinski definition) is 1. The highest BCUT2D eigenvalue weighted by atomic mass is 32.1. The number of anilines is 1. The Hall–Kier alpha value is -2.73. The molecule has 1 aliphatic carbocycles. The van der Waals surface area contributed by atoms with Crippen molar-refractivity contribution in [3.8, 4) is 0 Å². The largest absolute Gasteiger partial charge is 0.328 e. The van der Waals surface area contributed by atoms with Gasteiger partial charge < -0.3 is 5.32 Å². The van der Waals surface area contributed by atoms with Crippen molar-refractivity contribution in [3.05, 3.63) is 75.9 Å². The molecule has 25 heavy (non-hydrogen) atoms. The first-order valence-electron chi connectivity index (χ1n) is 8.32. The van der Waals surface area contributed by atoms with E-state index >= 15 is 0 Å². The summed E-state index contributed by atoms with van der Waals surface area (Å²) in [6.07, 6.45) is 2.92. The molecule has 3 aromatic rings. The number of benzene rings is 1. The maximum Gasteiger partial charge on any atom is 0.226 e. The van der Waals surface area contributed by atoms with Gasteiger partial charge in [0.25, 0.3) is 0 Å². The Kier molecular flexibility index (Phi) is 3.31. The second kappa shape index (κ2) is 5.67. The maximum absolute atomic E-state index is 13.1. The van der Waals surface area contributed by atoms with E-state index in [0.717, 1.165) is 23.3 Å². The third kappa shape index (κ3) is 2.33. The Morgan fingerprint density at radius 1 is 1.12 bits per heavy atom. The molecule has 3 heterocycles. The van der Waals surface area contributed by atoms with Gasteiger partial charge in [-0.15, -0.1) is 11.3 Å². The highest BCUT2D eigenvalue weighted by molar-refractivity contribution is 7.10. The number of thiophene rings is 1. The van der Waals surface area contributed by atoms with Crippen LogP contribution in [0.25, 0.3) is 0 Å². The van der Waals surface area contributed by atoms with Gasteiger partial charge in [-0.3, -0.25) is 4.79 Å². The van der Waals surface area contributed by atoms with Crippen molar-refractivity contribution in [3.63, 3.8) is 0 Å². The monoisotopic (exact) mass is 348 g/mol. The minimum absolute atomic E-state index is 0.196. The Labute approximate surface area is 149 Å². The molecule has 1 aromatic carbocycles. The number of fused-ring (bicyclic) bond motifs is 1. The topological polar surface area (TPSA) is 59.8 Å². The third-order valence-corrected chi connectivity index (χ3v) is 5.96. The minimum Gasteiger partial charge on any atom is -0.328 e. The summed E-state index contributed by atoms with van der Waals surface area (Å²) in [6.45, 7) is 0. The fourth-order valence-electron chi connectivity index (χ4n) is 3.82. The molecule has 5 rings (SSSR count). The van der Waals surface area contributed by atoms with E-state index < -0.39 is 0 Å². The van der Waals surface area contributed by atoms with E-state index in [2.05, 4.69) is 26.8 Å². The van der Waals surface area contributed by atoms with Crippen molar-refractivity contribution in [1.82, 2.24) is 14.8 Å². The average Bonchev–Trinajstić information content (AvgIpc) is 3.32. The lowest BCUT2D eigenvalue weighted by molar-refractivity contribution is -0.116. The van der Waals surface area contributed by atoms with E-state index in [-0.39, 0.29) is 17.7 Å². The number of allylic oxidation sites excluding steroid dienone is 2. The average molecular weight is 348 g/mol. The van der Waals surface area contributed by atoms with Crippen LogP contribution in [0, 0.1) is 0 Å². The molecule has 0 radical (unpaired) electrons. The number of carbonyl (C=O) groups is 1. The van der Waals surface area contributed by atoms with Gasteiger partial charge >= 0.3 is 0 Å². The lowest BCUT2D eigenvalue weighted by Crippen LogP contribution is -2.33. The van der Waals surface area contributed by atoms with Gasteiger partial charge in [0.1, 0.15) is 12.4 Å². The summed E-state index contributed by atoms with van der Waals surface area (Å²) in [5.41, 5.74) is 2.88. The molecule has 124 valence electrons. The molecule has 1 N–H and O–H groups in total. The van der Waals surface area contributed by atoms with Gasteiger partial charge in [-0.1, -0.05) is 36.4 Å². The van der Waals surface area contributed by atoms with Crippen molar-refractivity contribution in [1.29, 1.82) is 0 Å². The summed E-state index contributed by atoms with van der Waals surface area (Å²) < 4.78 is 1.82. The van der Waals surface area contributed by atoms with Crippen molar-refractivity contribution in [2.75, 3.05) is 5.32 Å². The Morgan fingerprint density at radius 3 is 2.80 bits per heavy atom. The number of hydrogen-bond acceptors (Lipinski definition) is 5. The quantitative estimate of drug-likeness (QED) is 0.766. The highest BCUT2D eigenvalue weighted by Crippen LogP contribution is 2.44. The van der Waals surface area contributed by atoms with Crippen LogP contribution in [-0.4, -0.2) is 20.5 Å². The molecule has 0 saturated heterocycles. The normalized spacial score (nSPS) is 22.3. The van der Waals surface area contributed by atoms with Gasteiger partial charge in [-0.25, -0.2) is 4.68 Å². The van der Waals surface area contributed by atoms with Crippen molar-refractivity contribution in [2.24, 2.45) is 0 Å². The van der Waals surface area contributed by atoms with Gasteiger partial charge in [-0.05, 0) is 23.4 Å². The summed E-state index contributed by atoms with van der Waals surface area (Å²) in [7, 11) is 0. The predicted molar refractivity (Wildman–Crippen MR) is 96.6 cm³/mol. The number of Topliss-reactive ketones (excluding diaryl/α,β-unsaturated/α-hetero) is 1. The molecule has 5 nitrogen and oxygen atoms in total. The zero-order valence-corrected chi connectivity index (χ0v) is 14.2. The molecule has 0 amide bonds. The van der Waals surface area contributed by atoms with Crippen molar-refractivity contribution >= 4 is 23.1 Å². The second-order valence-electron chi connectivity index (χ2n) is 6.40. The van der Waals surface area contributed by atoms with Gasteiger partial charge in [0, 0.05) is 28.5 Å². The Morgan fingerprint density at radius 2 is 2.00 bits per heavy atom. The fourth-order valence-corrected chi connectivity index (χ4v) is 4.65. The molecule has 2 atom stereocenters. The number of ketones is 1. The van der Waals surface area contributed by atoms with E-state index in [9.17, 15) is 4.79 Å². The van der Waals surface area contributed by atoms with Gasteiger partial charge in [0.2, 0.25) is 5.95 Å². The van der Waals surface area contributed by atoms with E-state index in [1.165, 1.54) is 11.2 Å². The summed E-state index contributed by atoms with van der Waals surface area (Å²) in [4.78, 5) is 18.7. The van der Waals surface area contributed by atoms with Crippen LogP contribution in [-0.2, 0) is 4.79 Å². The van der Waals surface area contributed by atoms with E-state index in [4.69, 9.17) is 0 Å². The molecule has 0 saturated carbocycles. The van der Waals surface area contributed by atoms with Crippen LogP contribution in [0.5, 0.6) is 0 Å². The van der Waals surface area contributed by atoms with Crippen LogP contribution in [0.4, 0.5) is 5.95 Å². The first-order valence-corrected chi connectivity index (χ1v) is 9.20. The summed E-state index contributed by atoms with van der Waals surface area (Å²) >= 11 is 1.72. The number of carbonyl (C=O) groups excluding carboxylic acids is 1. The van der Waals surface area contributed by atoms with E-state index in [1.54, 1.807) is 11.3 Å². The van der Waals surface area contributed by atoms with Crippen LogP contribution < -0.4 is 5.32 Å². The van der Waals surface area contributed by atoms with Gasteiger partial charge in [0.15, 0.2) is 5.78 Å². The lowest BCUT2D eigenvalue weighted by atomic mass is 9.80. The van der Waals surface area contributed by atoms with Crippen LogP contribution in [0.1, 0.15) is 35.2 Å². The molecule has 0 unspecified atom stereocenters. The number of aromatic nitrogens is 3. The van der Waals surface area contributed by atoms with E-state index in [1.807, 2.05) is 41.1 Å². The van der Waals surface area contributed by atoms with Crippen LogP contribution in [0.15, 0.2) is 65.4 Å². The summed E-state index contributed by atoms with van der Waals surface area (Å²) in [6, 6.07) is 14.0. The molecule has 0 spiro atoms. The van der Waals surface area contributed by atoms with Crippen LogP contribution in [0.3, 0.4) is 0 Å². The molecule has 0 fully saturated rings. The molecule has 1 aliphatic heterocycles. The molecule has 0 bridgehead atoms. The zero-order chi connectivity index (χ0) is 16.8. The van der Waals surface area contributed by atoms with Crippen LogP contribution >= 0.6 is 11.3 Å². The molecule has 2 aliphatic rings. The molecule has 6 heteroatoms. The minimum atomic E-state index is -0.202. The van der Waals surface area contributed by atoms with E-state index in [0.29, 0.717) is 12.4 Å².